The molecule has 2 aliphatic rings. The minimum Gasteiger partial charge on any atom is -0.273 e. The molecule has 0 aromatic heterocycles. The van der Waals surface area contributed by atoms with Crippen molar-refractivity contribution in [2.45, 2.75) is 12.8 Å². The van der Waals surface area contributed by atoms with Crippen LogP contribution >= 0.6 is 0 Å². The summed E-state index contributed by atoms with van der Waals surface area (Å²) in [4.78, 5) is 12.1. The van der Waals surface area contributed by atoms with Crippen LogP contribution in [-0.4, -0.2) is 53.7 Å². The van der Waals surface area contributed by atoms with Crippen molar-refractivity contribution < 1.29 is 30.7 Å². The molecular weight excluding hydrogens is 312 g/mol. The van der Waals surface area contributed by atoms with E-state index in [1.165, 1.54) is 6.08 Å². The molecule has 0 saturated carbocycles. The normalized spacial score (nSPS) is 21.9. The van der Waals surface area contributed by atoms with Gasteiger partial charge in [0.25, 0.3) is 5.91 Å². The number of rotatable bonds is 2. The first-order valence-electron chi connectivity index (χ1n) is 5.51. The maximum absolute atomic E-state index is 12.1. The van der Waals surface area contributed by atoms with Crippen molar-refractivity contribution in [2.24, 2.45) is 0 Å². The van der Waals surface area contributed by atoms with E-state index in [9.17, 15) is 21.6 Å². The molecule has 0 unspecified atom stereocenters. The summed E-state index contributed by atoms with van der Waals surface area (Å²) in [5.74, 6) is -1.02. The van der Waals surface area contributed by atoms with Crippen LogP contribution in [0.2, 0.25) is 0 Å². The second kappa shape index (κ2) is 4.93. The average molecular weight is 324 g/mol. The van der Waals surface area contributed by atoms with Crippen LogP contribution in [-0.2, 0) is 25.4 Å². The number of hydrogen-bond donors (Lipinski definition) is 2. The van der Waals surface area contributed by atoms with Crippen molar-refractivity contribution in [1.82, 2.24) is 8.61 Å². The van der Waals surface area contributed by atoms with Crippen molar-refractivity contribution in [3.05, 3.63) is 23.3 Å². The van der Waals surface area contributed by atoms with Gasteiger partial charge in [0.05, 0.1) is 0 Å². The van der Waals surface area contributed by atoms with E-state index in [-0.39, 0.29) is 16.4 Å². The molecule has 0 aromatic carbocycles. The summed E-state index contributed by atoms with van der Waals surface area (Å²) in [5, 5.41) is 0. The third-order valence-electron chi connectivity index (χ3n) is 2.99. The van der Waals surface area contributed by atoms with E-state index < -0.39 is 33.2 Å². The molecule has 1 amide bonds. The Morgan fingerprint density at radius 1 is 1.10 bits per heavy atom. The van der Waals surface area contributed by atoms with E-state index in [0.717, 1.165) is 0 Å². The standard InChI is InChI=1S/C9H12N2O7S2/c12-9-8-4-2-1-3-7(8)5-10(19(13,14)15)6-11(9)20(16,17)18/h2,4H,1,3,5-6H2,(H,13,14,15)(H,16,17,18). The van der Waals surface area contributed by atoms with Crippen molar-refractivity contribution >= 4 is 26.5 Å². The molecule has 0 saturated heterocycles. The Labute approximate surface area is 115 Å². The largest absolute Gasteiger partial charge is 0.363 e. The Morgan fingerprint density at radius 3 is 2.30 bits per heavy atom. The van der Waals surface area contributed by atoms with Crippen LogP contribution in [0.3, 0.4) is 0 Å². The number of amides is 1. The highest BCUT2D eigenvalue weighted by Crippen LogP contribution is 2.26. The van der Waals surface area contributed by atoms with E-state index in [4.69, 9.17) is 9.11 Å². The van der Waals surface area contributed by atoms with Gasteiger partial charge in [-0.05, 0) is 18.4 Å². The minimum atomic E-state index is -4.94. The lowest BCUT2D eigenvalue weighted by molar-refractivity contribution is -0.123. The average Bonchev–Trinajstić information content (AvgIpc) is 2.45. The SMILES string of the molecule is O=C1C2=C(CCC=C2)CN(S(=O)(=O)O)CN1S(=O)(=O)O. The topological polar surface area (TPSA) is 132 Å². The molecule has 1 aliphatic carbocycles. The number of carbonyl (C=O) groups excluding carboxylic acids is 1. The molecule has 0 aromatic rings. The second-order valence-corrected chi connectivity index (χ2v) is 7.07. The van der Waals surface area contributed by atoms with Gasteiger partial charge in [0.1, 0.15) is 6.67 Å². The fourth-order valence-corrected chi connectivity index (χ4v) is 3.28. The maximum atomic E-state index is 12.1. The van der Waals surface area contributed by atoms with Crippen molar-refractivity contribution in [1.29, 1.82) is 0 Å². The number of allylic oxidation sites excluding steroid dienone is 1. The molecule has 11 heteroatoms. The smallest absolute Gasteiger partial charge is 0.273 e. The van der Waals surface area contributed by atoms with E-state index in [0.29, 0.717) is 22.7 Å². The lowest BCUT2D eigenvalue weighted by Crippen LogP contribution is -2.45. The summed E-state index contributed by atoms with van der Waals surface area (Å²) in [6, 6.07) is 0. The highest BCUT2D eigenvalue weighted by Gasteiger charge is 2.37. The Kier molecular flexibility index (Phi) is 3.73. The van der Waals surface area contributed by atoms with Crippen LogP contribution in [0.25, 0.3) is 0 Å². The number of carbonyl (C=O) groups is 1. The summed E-state index contributed by atoms with van der Waals surface area (Å²) in [7, 11) is -9.65. The zero-order chi connectivity index (χ0) is 15.1. The third-order valence-corrected chi connectivity index (χ3v) is 4.73. The number of nitrogens with zero attached hydrogens (tertiary/aromatic N) is 2. The molecule has 20 heavy (non-hydrogen) atoms. The lowest BCUT2D eigenvalue weighted by Gasteiger charge is -2.22. The van der Waals surface area contributed by atoms with E-state index in [1.807, 2.05) is 0 Å². The van der Waals surface area contributed by atoms with Gasteiger partial charge >= 0.3 is 20.6 Å². The van der Waals surface area contributed by atoms with E-state index in [2.05, 4.69) is 0 Å². The molecule has 112 valence electrons. The molecule has 0 fully saturated rings. The molecule has 2 rings (SSSR count). The monoisotopic (exact) mass is 324 g/mol. The first kappa shape index (κ1) is 15.1. The van der Waals surface area contributed by atoms with Gasteiger partial charge in [0, 0.05) is 12.1 Å². The Balaban J connectivity index is 2.56. The molecule has 2 N–H and O–H groups in total. The molecule has 1 heterocycles. The van der Waals surface area contributed by atoms with Crippen molar-refractivity contribution in [3.63, 3.8) is 0 Å². The van der Waals surface area contributed by atoms with Crippen LogP contribution in [0, 0.1) is 0 Å². The Hall–Kier alpha value is -1.27. The zero-order valence-corrected chi connectivity index (χ0v) is 11.8. The van der Waals surface area contributed by atoms with E-state index >= 15 is 0 Å². The summed E-state index contributed by atoms with van der Waals surface area (Å²) in [5.41, 5.74) is 0.404. The summed E-state index contributed by atoms with van der Waals surface area (Å²) in [6.07, 6.45) is 3.95. The fraction of sp³-hybridized carbons (Fsp3) is 0.444. The van der Waals surface area contributed by atoms with Gasteiger partial charge < -0.3 is 0 Å². The van der Waals surface area contributed by atoms with Crippen LogP contribution in [0.4, 0.5) is 0 Å². The van der Waals surface area contributed by atoms with Gasteiger partial charge in [0.2, 0.25) is 0 Å². The van der Waals surface area contributed by atoms with Crippen LogP contribution in [0.15, 0.2) is 23.3 Å². The summed E-state index contributed by atoms with van der Waals surface area (Å²) >= 11 is 0. The molecule has 0 spiro atoms. The molecule has 0 atom stereocenters. The summed E-state index contributed by atoms with van der Waals surface area (Å²) < 4.78 is 63.4. The lowest BCUT2D eigenvalue weighted by atomic mass is 9.97. The van der Waals surface area contributed by atoms with Gasteiger partial charge in [-0.2, -0.15) is 25.4 Å². The number of hydrogen-bond acceptors (Lipinski definition) is 5. The van der Waals surface area contributed by atoms with Crippen LogP contribution < -0.4 is 0 Å². The molecule has 0 bridgehead atoms. The third kappa shape index (κ3) is 2.91. The first-order valence-corrected chi connectivity index (χ1v) is 8.30. The van der Waals surface area contributed by atoms with Crippen LogP contribution in [0.5, 0.6) is 0 Å². The highest BCUT2D eigenvalue weighted by atomic mass is 32.2. The molecule has 1 aliphatic heterocycles. The zero-order valence-electron chi connectivity index (χ0n) is 10.1. The predicted octanol–water partition coefficient (Wildman–Crippen LogP) is -0.660. The fourth-order valence-electron chi connectivity index (χ4n) is 2.03. The first-order chi connectivity index (χ1) is 9.10. The Morgan fingerprint density at radius 2 is 1.75 bits per heavy atom. The van der Waals surface area contributed by atoms with Gasteiger partial charge in [-0.15, -0.1) is 0 Å². The molecular formula is C9H12N2O7S2. The van der Waals surface area contributed by atoms with Crippen molar-refractivity contribution in [2.75, 3.05) is 13.2 Å². The quantitative estimate of drug-likeness (QED) is 0.644. The van der Waals surface area contributed by atoms with Gasteiger partial charge in [0.15, 0.2) is 0 Å². The van der Waals surface area contributed by atoms with Gasteiger partial charge in [-0.3, -0.25) is 13.9 Å². The van der Waals surface area contributed by atoms with E-state index in [1.54, 1.807) is 6.08 Å². The molecule has 0 radical (unpaired) electrons. The Bertz CT molecular complexity index is 705. The van der Waals surface area contributed by atoms with Gasteiger partial charge in [-0.25, -0.2) is 0 Å². The maximum Gasteiger partial charge on any atom is 0.363 e. The molecule has 9 nitrogen and oxygen atoms in total. The summed E-state index contributed by atoms with van der Waals surface area (Å²) in [6.45, 7) is -1.28. The predicted molar refractivity (Wildman–Crippen MR) is 66.9 cm³/mol. The van der Waals surface area contributed by atoms with Crippen LogP contribution in [0.1, 0.15) is 12.8 Å². The highest BCUT2D eigenvalue weighted by molar-refractivity contribution is 7.84. The van der Waals surface area contributed by atoms with Crippen molar-refractivity contribution in [3.8, 4) is 0 Å². The minimum absolute atomic E-state index is 0.00123. The van der Waals surface area contributed by atoms with Gasteiger partial charge in [-0.1, -0.05) is 12.2 Å². The second-order valence-electron chi connectivity index (χ2n) is 4.32.